The van der Waals surface area contributed by atoms with Crippen molar-refractivity contribution in [1.82, 2.24) is 5.16 Å². The Hall–Kier alpha value is -1.62. The van der Waals surface area contributed by atoms with E-state index in [0.717, 1.165) is 21.3 Å². The molecule has 0 saturated heterocycles. The number of nitrogens with one attached hydrogen (secondary N) is 1. The van der Waals surface area contributed by atoms with Gasteiger partial charge in [-0.1, -0.05) is 21.1 Å². The van der Waals surface area contributed by atoms with Crippen molar-refractivity contribution in [1.29, 1.82) is 0 Å². The minimum absolute atomic E-state index is 0.210. The Morgan fingerprint density at radius 2 is 2.00 bits per heavy atom. The number of rotatable bonds is 2. The van der Waals surface area contributed by atoms with Gasteiger partial charge in [-0.15, -0.1) is 0 Å². The van der Waals surface area contributed by atoms with Gasteiger partial charge in [0.25, 0.3) is 5.91 Å². The van der Waals surface area contributed by atoms with Crippen LogP contribution < -0.4 is 5.32 Å². The molecule has 0 aliphatic heterocycles. The van der Waals surface area contributed by atoms with Gasteiger partial charge in [-0.2, -0.15) is 0 Å². The molecule has 0 aliphatic rings. The molecule has 2 aromatic rings. The summed E-state index contributed by atoms with van der Waals surface area (Å²) in [7, 11) is 0. The summed E-state index contributed by atoms with van der Waals surface area (Å²) in [5, 5.41) is 6.51. The lowest BCUT2D eigenvalue weighted by atomic mass is 10.1. The molecule has 0 atom stereocenters. The summed E-state index contributed by atoms with van der Waals surface area (Å²) < 4.78 is 5.93. The molecular formula is C13H13BrN2O2. The van der Waals surface area contributed by atoms with E-state index in [-0.39, 0.29) is 5.91 Å². The van der Waals surface area contributed by atoms with Crippen LogP contribution in [-0.4, -0.2) is 11.1 Å². The molecular weight excluding hydrogens is 296 g/mol. The van der Waals surface area contributed by atoms with Gasteiger partial charge in [-0.25, -0.2) is 0 Å². The van der Waals surface area contributed by atoms with E-state index < -0.39 is 0 Å². The molecule has 0 aliphatic carbocycles. The number of benzene rings is 1. The Labute approximate surface area is 113 Å². The first kappa shape index (κ1) is 12.8. The zero-order chi connectivity index (χ0) is 13.3. The zero-order valence-electron chi connectivity index (χ0n) is 10.4. The summed E-state index contributed by atoms with van der Waals surface area (Å²) in [6, 6.07) is 5.53. The van der Waals surface area contributed by atoms with Crippen LogP contribution in [0.3, 0.4) is 0 Å². The lowest BCUT2D eigenvalue weighted by molar-refractivity contribution is 0.102. The minimum Gasteiger partial charge on any atom is -0.338 e. The molecule has 1 aromatic heterocycles. The summed E-state index contributed by atoms with van der Waals surface area (Å²) in [5.74, 6) is 0.189. The maximum atomic E-state index is 12.1. The first-order chi connectivity index (χ1) is 8.47. The van der Waals surface area contributed by atoms with Gasteiger partial charge in [0.2, 0.25) is 5.88 Å². The van der Waals surface area contributed by atoms with Gasteiger partial charge in [0, 0.05) is 15.6 Å². The lowest BCUT2D eigenvalue weighted by Gasteiger charge is -2.04. The molecule has 1 aromatic carbocycles. The largest absolute Gasteiger partial charge is 0.338 e. The van der Waals surface area contributed by atoms with Crippen LogP contribution in [0.2, 0.25) is 0 Å². The average molecular weight is 309 g/mol. The fourth-order valence-electron chi connectivity index (χ4n) is 1.57. The number of amides is 1. The smallest absolute Gasteiger partial charge is 0.258 e. The van der Waals surface area contributed by atoms with Crippen molar-refractivity contribution >= 4 is 27.7 Å². The van der Waals surface area contributed by atoms with Crippen LogP contribution in [-0.2, 0) is 0 Å². The first-order valence-electron chi connectivity index (χ1n) is 5.49. The van der Waals surface area contributed by atoms with E-state index in [1.807, 2.05) is 32.9 Å². The van der Waals surface area contributed by atoms with Crippen LogP contribution in [0.1, 0.15) is 27.2 Å². The highest BCUT2D eigenvalue weighted by molar-refractivity contribution is 9.10. The van der Waals surface area contributed by atoms with Crippen molar-refractivity contribution in [2.75, 3.05) is 5.32 Å². The normalized spacial score (nSPS) is 10.4. The number of carbonyl (C=O) groups excluding carboxylic acids is 1. The van der Waals surface area contributed by atoms with E-state index in [1.165, 1.54) is 0 Å². The van der Waals surface area contributed by atoms with E-state index in [4.69, 9.17) is 4.52 Å². The molecule has 4 nitrogen and oxygen atoms in total. The number of aromatic nitrogens is 1. The fourth-order valence-corrected chi connectivity index (χ4v) is 2.18. The summed E-state index contributed by atoms with van der Waals surface area (Å²) in [6.07, 6.45) is 0. The highest BCUT2D eigenvalue weighted by Crippen LogP contribution is 2.20. The quantitative estimate of drug-likeness (QED) is 0.922. The molecule has 0 spiro atoms. The monoisotopic (exact) mass is 308 g/mol. The minimum atomic E-state index is -0.210. The van der Waals surface area contributed by atoms with Gasteiger partial charge in [0.05, 0.1) is 5.69 Å². The summed E-state index contributed by atoms with van der Waals surface area (Å²) in [4.78, 5) is 12.1. The molecule has 2 rings (SSSR count). The van der Waals surface area contributed by atoms with E-state index in [9.17, 15) is 4.79 Å². The molecule has 0 unspecified atom stereocenters. The van der Waals surface area contributed by atoms with E-state index in [0.29, 0.717) is 11.4 Å². The number of anilines is 1. The van der Waals surface area contributed by atoms with E-state index in [1.54, 1.807) is 6.07 Å². The van der Waals surface area contributed by atoms with Gasteiger partial charge in [0.15, 0.2) is 0 Å². The number of nitrogens with zero attached hydrogens (tertiary/aromatic N) is 1. The lowest BCUT2D eigenvalue weighted by Crippen LogP contribution is -2.12. The maximum Gasteiger partial charge on any atom is 0.258 e. The molecule has 18 heavy (non-hydrogen) atoms. The number of hydrogen-bond donors (Lipinski definition) is 1. The second kappa shape index (κ2) is 4.94. The Morgan fingerprint density at radius 3 is 2.56 bits per heavy atom. The van der Waals surface area contributed by atoms with Crippen molar-refractivity contribution in [3.8, 4) is 0 Å². The van der Waals surface area contributed by atoms with Crippen LogP contribution in [0.15, 0.2) is 27.2 Å². The van der Waals surface area contributed by atoms with Crippen molar-refractivity contribution in [3.05, 3.63) is 45.1 Å². The standard InChI is InChI=1S/C13H13BrN2O2/c1-7-4-10(6-11(14)5-7)12(17)15-13-8(2)9(3)16-18-13/h4-6H,1-3H3,(H,15,17). The van der Waals surface area contributed by atoms with Crippen LogP contribution in [0.4, 0.5) is 5.88 Å². The topological polar surface area (TPSA) is 55.1 Å². The third-order valence-corrected chi connectivity index (χ3v) is 3.15. The van der Waals surface area contributed by atoms with Crippen molar-refractivity contribution in [2.45, 2.75) is 20.8 Å². The van der Waals surface area contributed by atoms with Gasteiger partial charge < -0.3 is 4.52 Å². The van der Waals surface area contributed by atoms with Gasteiger partial charge in [0.1, 0.15) is 0 Å². The molecule has 0 bridgehead atoms. The zero-order valence-corrected chi connectivity index (χ0v) is 12.0. The molecule has 0 fully saturated rings. The highest BCUT2D eigenvalue weighted by Gasteiger charge is 2.13. The number of aryl methyl sites for hydroxylation is 2. The average Bonchev–Trinajstić information content (AvgIpc) is 2.59. The van der Waals surface area contributed by atoms with Crippen molar-refractivity contribution in [2.24, 2.45) is 0 Å². The summed E-state index contributed by atoms with van der Waals surface area (Å²) >= 11 is 3.37. The molecule has 1 heterocycles. The number of halogens is 1. The molecule has 1 amide bonds. The highest BCUT2D eigenvalue weighted by atomic mass is 79.9. The first-order valence-corrected chi connectivity index (χ1v) is 6.28. The fraction of sp³-hybridized carbons (Fsp3) is 0.231. The molecule has 94 valence electrons. The van der Waals surface area contributed by atoms with Crippen molar-refractivity contribution < 1.29 is 9.32 Å². The van der Waals surface area contributed by atoms with E-state index in [2.05, 4.69) is 26.4 Å². The SMILES string of the molecule is Cc1cc(Br)cc(C(=O)Nc2onc(C)c2C)c1. The molecule has 0 radical (unpaired) electrons. The Morgan fingerprint density at radius 1 is 1.28 bits per heavy atom. The Balaban J connectivity index is 2.24. The molecule has 1 N–H and O–H groups in total. The Kier molecular flexibility index (Phi) is 3.52. The van der Waals surface area contributed by atoms with Gasteiger partial charge in [-0.3, -0.25) is 10.1 Å². The van der Waals surface area contributed by atoms with Crippen LogP contribution in [0, 0.1) is 20.8 Å². The second-order valence-electron chi connectivity index (χ2n) is 4.19. The molecule has 5 heteroatoms. The predicted molar refractivity (Wildman–Crippen MR) is 72.8 cm³/mol. The maximum absolute atomic E-state index is 12.1. The second-order valence-corrected chi connectivity index (χ2v) is 5.11. The summed E-state index contributed by atoms with van der Waals surface area (Å²) in [5.41, 5.74) is 3.21. The van der Waals surface area contributed by atoms with Crippen molar-refractivity contribution in [3.63, 3.8) is 0 Å². The predicted octanol–water partition coefficient (Wildman–Crippen LogP) is 3.61. The van der Waals surface area contributed by atoms with Crippen LogP contribution in [0.5, 0.6) is 0 Å². The Bertz CT molecular complexity index is 585. The van der Waals surface area contributed by atoms with Crippen LogP contribution >= 0.6 is 15.9 Å². The van der Waals surface area contributed by atoms with Gasteiger partial charge >= 0.3 is 0 Å². The number of hydrogen-bond acceptors (Lipinski definition) is 3. The molecule has 0 saturated carbocycles. The summed E-state index contributed by atoms with van der Waals surface area (Å²) in [6.45, 7) is 5.62. The van der Waals surface area contributed by atoms with Crippen LogP contribution in [0.25, 0.3) is 0 Å². The third-order valence-electron chi connectivity index (χ3n) is 2.69. The number of carbonyl (C=O) groups is 1. The third kappa shape index (κ3) is 2.61. The van der Waals surface area contributed by atoms with E-state index >= 15 is 0 Å². The van der Waals surface area contributed by atoms with Gasteiger partial charge in [-0.05, 0) is 44.5 Å².